The van der Waals surface area contributed by atoms with Crippen LogP contribution in [-0.4, -0.2) is 28.6 Å². The highest BCUT2D eigenvalue weighted by Crippen LogP contribution is 2.25. The lowest BCUT2D eigenvalue weighted by Crippen LogP contribution is -2.11. The average molecular weight is 381 g/mol. The van der Waals surface area contributed by atoms with E-state index in [4.69, 9.17) is 5.14 Å². The smallest absolute Gasteiger partial charge is 0.238 e. The number of nitrogens with two attached hydrogens (primary N) is 1. The van der Waals surface area contributed by atoms with Gasteiger partial charge in [-0.3, -0.25) is 5.10 Å². The summed E-state index contributed by atoms with van der Waals surface area (Å²) < 4.78 is 22.7. The molecule has 0 amide bonds. The predicted molar refractivity (Wildman–Crippen MR) is 103 cm³/mol. The molecule has 2 aromatic carbocycles. The molecule has 0 bridgehead atoms. The minimum atomic E-state index is -3.74. The number of aromatic amines is 1. The number of hydrogen-bond donors (Lipinski definition) is 4. The molecule has 5 N–H and O–H groups in total. The predicted octanol–water partition coefficient (Wildman–Crippen LogP) is 2.49. The summed E-state index contributed by atoms with van der Waals surface area (Å²) in [7, 11) is -3.74. The molecule has 0 atom stereocenters. The summed E-state index contributed by atoms with van der Waals surface area (Å²) in [6.45, 7) is 0. The fourth-order valence-electron chi connectivity index (χ4n) is 2.50. The molecule has 0 saturated carbocycles. The molecule has 0 fully saturated rings. The third-order valence-corrected chi connectivity index (χ3v) is 4.71. The van der Waals surface area contributed by atoms with Crippen molar-refractivity contribution < 1.29 is 8.42 Å². The lowest BCUT2D eigenvalue weighted by Gasteiger charge is -2.10. The molecule has 9 nitrogen and oxygen atoms in total. The van der Waals surface area contributed by atoms with Gasteiger partial charge in [-0.1, -0.05) is 18.2 Å². The molecule has 0 spiro atoms. The first kappa shape index (κ1) is 16.9. The molecule has 27 heavy (non-hydrogen) atoms. The second-order valence-electron chi connectivity index (χ2n) is 5.71. The first-order valence-corrected chi connectivity index (χ1v) is 9.47. The quantitative estimate of drug-likeness (QED) is 0.416. The summed E-state index contributed by atoms with van der Waals surface area (Å²) in [5.74, 6) is 0.914. The second-order valence-corrected chi connectivity index (χ2v) is 7.27. The summed E-state index contributed by atoms with van der Waals surface area (Å²) in [5.41, 5.74) is 2.06. The zero-order chi connectivity index (χ0) is 18.9. The summed E-state index contributed by atoms with van der Waals surface area (Å²) in [5, 5.41) is 19.0. The van der Waals surface area contributed by atoms with Crippen LogP contribution >= 0.6 is 0 Å². The van der Waals surface area contributed by atoms with Gasteiger partial charge in [0, 0.05) is 11.4 Å². The Hall–Kier alpha value is -3.50. The number of sulfonamides is 1. The molecule has 0 unspecified atom stereocenters. The van der Waals surface area contributed by atoms with E-state index in [9.17, 15) is 8.42 Å². The topological polar surface area (TPSA) is 139 Å². The van der Waals surface area contributed by atoms with Crippen molar-refractivity contribution in [1.82, 2.24) is 20.2 Å². The molecule has 4 rings (SSSR count). The number of nitrogens with zero attached hydrogens (tertiary/aromatic N) is 3. The molecule has 10 heteroatoms. The van der Waals surface area contributed by atoms with Crippen molar-refractivity contribution in [3.05, 3.63) is 60.8 Å². The van der Waals surface area contributed by atoms with Gasteiger partial charge >= 0.3 is 0 Å². The van der Waals surface area contributed by atoms with Gasteiger partial charge in [0.15, 0.2) is 5.65 Å². The van der Waals surface area contributed by atoms with E-state index in [1.807, 2.05) is 30.3 Å². The Bertz CT molecular complexity index is 1190. The van der Waals surface area contributed by atoms with E-state index in [0.29, 0.717) is 23.1 Å². The first-order chi connectivity index (χ1) is 13.0. The number of benzene rings is 2. The Morgan fingerprint density at radius 3 is 2.30 bits per heavy atom. The number of aromatic nitrogens is 4. The first-order valence-electron chi connectivity index (χ1n) is 7.92. The van der Waals surface area contributed by atoms with E-state index >= 15 is 0 Å². The van der Waals surface area contributed by atoms with E-state index in [1.165, 1.54) is 12.1 Å². The maximum Gasteiger partial charge on any atom is 0.238 e. The van der Waals surface area contributed by atoms with Gasteiger partial charge < -0.3 is 10.6 Å². The van der Waals surface area contributed by atoms with Gasteiger partial charge in [-0.2, -0.15) is 15.1 Å². The van der Waals surface area contributed by atoms with Gasteiger partial charge in [0.1, 0.15) is 5.82 Å². The SMILES string of the molecule is NS(=O)(=O)c1ccc(Nc2nc(Nc3ccccc3)c3cn[nH]c3n2)cc1. The zero-order valence-electron chi connectivity index (χ0n) is 13.9. The normalized spacial score (nSPS) is 11.4. The molecular weight excluding hydrogens is 366 g/mol. The maximum atomic E-state index is 11.4. The molecular formula is C17H15N7O2S. The lowest BCUT2D eigenvalue weighted by atomic mass is 10.3. The van der Waals surface area contributed by atoms with Crippen LogP contribution in [0.4, 0.5) is 23.1 Å². The third kappa shape index (κ3) is 3.71. The van der Waals surface area contributed by atoms with Crippen LogP contribution in [0.1, 0.15) is 0 Å². The fourth-order valence-corrected chi connectivity index (χ4v) is 3.02. The molecule has 0 aliphatic carbocycles. The summed E-state index contributed by atoms with van der Waals surface area (Å²) in [4.78, 5) is 8.91. The molecule has 0 radical (unpaired) electrons. The van der Waals surface area contributed by atoms with Crippen molar-refractivity contribution in [1.29, 1.82) is 0 Å². The molecule has 0 aliphatic rings. The van der Waals surface area contributed by atoms with Crippen molar-refractivity contribution in [2.75, 3.05) is 10.6 Å². The minimum absolute atomic E-state index is 0.0319. The number of rotatable bonds is 5. The van der Waals surface area contributed by atoms with Crippen LogP contribution in [-0.2, 0) is 10.0 Å². The van der Waals surface area contributed by atoms with E-state index in [2.05, 4.69) is 30.8 Å². The van der Waals surface area contributed by atoms with Crippen molar-refractivity contribution in [3.63, 3.8) is 0 Å². The molecule has 0 saturated heterocycles. The molecule has 0 aliphatic heterocycles. The second kappa shape index (κ2) is 6.67. The molecule has 2 aromatic heterocycles. The summed E-state index contributed by atoms with van der Waals surface area (Å²) >= 11 is 0. The van der Waals surface area contributed by atoms with Gasteiger partial charge in [-0.05, 0) is 36.4 Å². The van der Waals surface area contributed by atoms with Gasteiger partial charge in [0.2, 0.25) is 16.0 Å². The number of anilines is 4. The van der Waals surface area contributed by atoms with Gasteiger partial charge in [-0.25, -0.2) is 13.6 Å². The highest BCUT2D eigenvalue weighted by Gasteiger charge is 2.11. The van der Waals surface area contributed by atoms with Crippen LogP contribution in [0.5, 0.6) is 0 Å². The Kier molecular flexibility index (Phi) is 4.18. The van der Waals surface area contributed by atoms with Crippen molar-refractivity contribution in [3.8, 4) is 0 Å². The molecule has 136 valence electrons. The highest BCUT2D eigenvalue weighted by atomic mass is 32.2. The maximum absolute atomic E-state index is 11.4. The van der Waals surface area contributed by atoms with Gasteiger partial charge in [0.25, 0.3) is 0 Å². The van der Waals surface area contributed by atoms with E-state index in [1.54, 1.807) is 18.3 Å². The van der Waals surface area contributed by atoms with Gasteiger partial charge in [0.05, 0.1) is 16.5 Å². The van der Waals surface area contributed by atoms with E-state index in [0.717, 1.165) is 11.1 Å². The van der Waals surface area contributed by atoms with Crippen LogP contribution < -0.4 is 15.8 Å². The standard InChI is InChI=1S/C17H15N7O2S/c18-27(25,26)13-8-6-12(7-9-13)21-17-22-15(14-10-19-24-16(14)23-17)20-11-4-2-1-3-5-11/h1-10H,(H2,18,25,26)(H3,19,20,21,22,23,24). The van der Waals surface area contributed by atoms with Crippen LogP contribution in [0.25, 0.3) is 11.0 Å². The largest absolute Gasteiger partial charge is 0.339 e. The summed E-state index contributed by atoms with van der Waals surface area (Å²) in [6.07, 6.45) is 1.64. The van der Waals surface area contributed by atoms with Crippen molar-refractivity contribution in [2.45, 2.75) is 4.90 Å². The number of hydrogen-bond acceptors (Lipinski definition) is 7. The van der Waals surface area contributed by atoms with E-state index in [-0.39, 0.29) is 4.90 Å². The minimum Gasteiger partial charge on any atom is -0.339 e. The Labute approximate surface area is 154 Å². The Morgan fingerprint density at radius 2 is 1.59 bits per heavy atom. The van der Waals surface area contributed by atoms with Gasteiger partial charge in [-0.15, -0.1) is 0 Å². The number of primary sulfonamides is 1. The lowest BCUT2D eigenvalue weighted by molar-refractivity contribution is 0.598. The number of nitrogens with one attached hydrogen (secondary N) is 3. The number of para-hydroxylation sites is 1. The van der Waals surface area contributed by atoms with Crippen molar-refractivity contribution in [2.24, 2.45) is 5.14 Å². The average Bonchev–Trinajstić information content (AvgIpc) is 3.11. The number of H-pyrrole nitrogens is 1. The molecule has 2 heterocycles. The van der Waals surface area contributed by atoms with Crippen molar-refractivity contribution >= 4 is 44.2 Å². The van der Waals surface area contributed by atoms with Crippen LogP contribution in [0, 0.1) is 0 Å². The van der Waals surface area contributed by atoms with Crippen LogP contribution in [0.15, 0.2) is 65.7 Å². The zero-order valence-corrected chi connectivity index (χ0v) is 14.7. The van der Waals surface area contributed by atoms with E-state index < -0.39 is 10.0 Å². The number of fused-ring (bicyclic) bond motifs is 1. The third-order valence-electron chi connectivity index (χ3n) is 3.79. The monoisotopic (exact) mass is 381 g/mol. The van der Waals surface area contributed by atoms with Crippen LogP contribution in [0.3, 0.4) is 0 Å². The summed E-state index contributed by atoms with van der Waals surface area (Å²) in [6, 6.07) is 15.6. The highest BCUT2D eigenvalue weighted by molar-refractivity contribution is 7.89. The molecule has 4 aromatic rings. The fraction of sp³-hybridized carbons (Fsp3) is 0. The Morgan fingerprint density at radius 1 is 0.889 bits per heavy atom. The van der Waals surface area contributed by atoms with Crippen LogP contribution in [0.2, 0.25) is 0 Å². The Balaban J connectivity index is 1.66.